The van der Waals surface area contributed by atoms with Crippen LogP contribution in [0, 0.1) is 0 Å². The molecule has 1 N–H and O–H groups in total. The lowest BCUT2D eigenvalue weighted by Crippen LogP contribution is -2.40. The molecule has 0 fully saturated rings. The second kappa shape index (κ2) is 11.0. The molecule has 3 heterocycles. The molecule has 0 bridgehead atoms. The van der Waals surface area contributed by atoms with Crippen LogP contribution in [0.3, 0.4) is 0 Å². The van der Waals surface area contributed by atoms with E-state index in [0.717, 1.165) is 31.2 Å². The van der Waals surface area contributed by atoms with E-state index in [2.05, 4.69) is 4.98 Å². The van der Waals surface area contributed by atoms with Gasteiger partial charge in [-0.15, -0.1) is 0 Å². The van der Waals surface area contributed by atoms with E-state index in [1.54, 1.807) is 0 Å². The number of unbranched alkanes of at least 4 members (excludes halogenated alkanes) is 3. The maximum Gasteiger partial charge on any atom is 0.332 e. The van der Waals surface area contributed by atoms with Gasteiger partial charge in [0.15, 0.2) is 11.2 Å². The molecule has 0 unspecified atom stereocenters. The quantitative estimate of drug-likeness (QED) is 0.343. The normalized spacial score (nSPS) is 11.6. The number of hydrogen-bond donors (Lipinski definition) is 1. The maximum absolute atomic E-state index is 13.7. The molecule has 3 aromatic heterocycles. The molecule has 9 heteroatoms. The third-order valence-corrected chi connectivity index (χ3v) is 6.67. The summed E-state index contributed by atoms with van der Waals surface area (Å²) in [6, 6.07) is 9.53. The molecule has 4 rings (SSSR count). The number of benzene rings is 1. The van der Waals surface area contributed by atoms with E-state index in [1.165, 1.54) is 18.1 Å². The maximum atomic E-state index is 13.7. The highest BCUT2D eigenvalue weighted by molar-refractivity contribution is 5.76. The zero-order valence-electron chi connectivity index (χ0n) is 21.4. The Kier molecular flexibility index (Phi) is 7.76. The molecule has 0 aliphatic heterocycles. The van der Waals surface area contributed by atoms with Crippen LogP contribution in [-0.4, -0.2) is 28.2 Å². The van der Waals surface area contributed by atoms with Crippen molar-refractivity contribution in [2.45, 2.75) is 85.4 Å². The highest BCUT2D eigenvalue weighted by Gasteiger charge is 2.25. The van der Waals surface area contributed by atoms with Gasteiger partial charge in [0.05, 0.1) is 12.1 Å². The van der Waals surface area contributed by atoms with Crippen molar-refractivity contribution >= 4 is 16.9 Å². The summed E-state index contributed by atoms with van der Waals surface area (Å²) in [5.41, 5.74) is 0.256. The first kappa shape index (κ1) is 25.5. The number of rotatable bonds is 11. The molecular formula is C27H35N5O4. The zero-order chi connectivity index (χ0) is 25.8. The van der Waals surface area contributed by atoms with Crippen LogP contribution >= 0.6 is 0 Å². The molecule has 0 spiro atoms. The Morgan fingerprint density at radius 1 is 0.806 bits per heavy atom. The molecule has 0 amide bonds. The van der Waals surface area contributed by atoms with E-state index in [9.17, 15) is 19.5 Å². The third-order valence-electron chi connectivity index (χ3n) is 6.67. The summed E-state index contributed by atoms with van der Waals surface area (Å²) in [4.78, 5) is 45.3. The van der Waals surface area contributed by atoms with Crippen molar-refractivity contribution in [1.82, 2.24) is 23.1 Å². The van der Waals surface area contributed by atoms with Crippen LogP contribution in [0.4, 0.5) is 0 Å². The van der Waals surface area contributed by atoms with Gasteiger partial charge < -0.3 is 5.11 Å². The topological polar surface area (TPSA) is 104 Å². The van der Waals surface area contributed by atoms with E-state index in [4.69, 9.17) is 0 Å². The fraction of sp³-hybridized carbons (Fsp3) is 0.481. The van der Waals surface area contributed by atoms with E-state index in [0.29, 0.717) is 25.8 Å². The van der Waals surface area contributed by atoms with Crippen LogP contribution in [0.25, 0.3) is 16.9 Å². The lowest BCUT2D eigenvalue weighted by atomic mass is 10.1. The SMILES string of the molecule is CCCCc1c(O)n2c3c(=O)n(CCCC)c(=O)n(CCCC)c3nc2n(Cc2ccccc2)c1=O. The molecule has 192 valence electrons. The van der Waals surface area contributed by atoms with Crippen LogP contribution in [0.15, 0.2) is 44.7 Å². The molecule has 0 saturated carbocycles. The number of nitrogens with zero attached hydrogens (tertiary/aromatic N) is 5. The van der Waals surface area contributed by atoms with Crippen molar-refractivity contribution in [1.29, 1.82) is 0 Å². The minimum absolute atomic E-state index is 0.133. The predicted octanol–water partition coefficient (Wildman–Crippen LogP) is 3.67. The summed E-state index contributed by atoms with van der Waals surface area (Å²) in [7, 11) is 0. The highest BCUT2D eigenvalue weighted by atomic mass is 16.3. The van der Waals surface area contributed by atoms with Crippen molar-refractivity contribution in [3.63, 3.8) is 0 Å². The van der Waals surface area contributed by atoms with E-state index in [1.807, 2.05) is 51.1 Å². The van der Waals surface area contributed by atoms with Gasteiger partial charge in [0.2, 0.25) is 11.7 Å². The van der Waals surface area contributed by atoms with E-state index < -0.39 is 11.2 Å². The van der Waals surface area contributed by atoms with Gasteiger partial charge in [-0.3, -0.25) is 23.3 Å². The largest absolute Gasteiger partial charge is 0.494 e. The Labute approximate surface area is 209 Å². The van der Waals surface area contributed by atoms with Crippen LogP contribution in [-0.2, 0) is 26.1 Å². The first-order valence-electron chi connectivity index (χ1n) is 13.0. The summed E-state index contributed by atoms with van der Waals surface area (Å²) in [5, 5.41) is 11.3. The predicted molar refractivity (Wildman–Crippen MR) is 141 cm³/mol. The Hall–Kier alpha value is -3.62. The Morgan fingerprint density at radius 3 is 2.08 bits per heavy atom. The van der Waals surface area contributed by atoms with Crippen molar-refractivity contribution in [3.05, 3.63) is 72.7 Å². The Bertz CT molecular complexity index is 1540. The molecule has 0 aliphatic carbocycles. The third kappa shape index (κ3) is 4.50. The minimum Gasteiger partial charge on any atom is -0.494 e. The molecular weight excluding hydrogens is 458 g/mol. The van der Waals surface area contributed by atoms with Gasteiger partial charge in [-0.25, -0.2) is 9.20 Å². The monoisotopic (exact) mass is 493 g/mol. The van der Waals surface area contributed by atoms with Gasteiger partial charge in [0.25, 0.3) is 11.1 Å². The van der Waals surface area contributed by atoms with Crippen molar-refractivity contribution < 1.29 is 5.11 Å². The second-order valence-electron chi connectivity index (χ2n) is 9.30. The van der Waals surface area contributed by atoms with Crippen LogP contribution in [0.5, 0.6) is 5.88 Å². The van der Waals surface area contributed by atoms with Crippen LogP contribution < -0.4 is 16.8 Å². The number of hydrogen-bond acceptors (Lipinski definition) is 5. The second-order valence-corrected chi connectivity index (χ2v) is 9.30. The number of aromatic hydroxyl groups is 1. The highest BCUT2D eigenvalue weighted by Crippen LogP contribution is 2.23. The summed E-state index contributed by atoms with van der Waals surface area (Å²) in [6.45, 7) is 6.97. The standard InChI is InChI=1S/C27H35N5O4/c1-4-7-15-20-23(33)31(18-19-13-11-10-12-14-19)26-28-22-21(32(26)24(20)34)25(35)30(17-9-6-3)27(36)29(22)16-8-5-2/h10-14,34H,4-9,15-18H2,1-3H3. The molecule has 0 atom stereocenters. The fourth-order valence-electron chi connectivity index (χ4n) is 4.61. The van der Waals surface area contributed by atoms with Gasteiger partial charge in [0.1, 0.15) is 0 Å². The van der Waals surface area contributed by atoms with Crippen molar-refractivity contribution in [2.24, 2.45) is 0 Å². The van der Waals surface area contributed by atoms with Gasteiger partial charge >= 0.3 is 5.69 Å². The average molecular weight is 494 g/mol. The molecule has 9 nitrogen and oxygen atoms in total. The number of aromatic nitrogens is 5. The zero-order valence-corrected chi connectivity index (χ0v) is 21.4. The molecule has 0 aliphatic rings. The number of aryl methyl sites for hydroxylation is 1. The lowest BCUT2D eigenvalue weighted by molar-refractivity contribution is 0.432. The summed E-state index contributed by atoms with van der Waals surface area (Å²) in [5.74, 6) is -0.110. The molecule has 1 aromatic carbocycles. The van der Waals surface area contributed by atoms with Gasteiger partial charge in [-0.2, -0.15) is 4.98 Å². The number of fused-ring (bicyclic) bond motifs is 3. The minimum atomic E-state index is -0.495. The first-order valence-corrected chi connectivity index (χ1v) is 13.0. The van der Waals surface area contributed by atoms with E-state index >= 15 is 0 Å². The first-order chi connectivity index (χ1) is 17.4. The number of imidazole rings is 1. The Balaban J connectivity index is 2.14. The van der Waals surface area contributed by atoms with E-state index in [-0.39, 0.29) is 47.0 Å². The summed E-state index contributed by atoms with van der Waals surface area (Å²) < 4.78 is 5.65. The fourth-order valence-corrected chi connectivity index (χ4v) is 4.61. The van der Waals surface area contributed by atoms with Gasteiger partial charge in [-0.05, 0) is 31.2 Å². The Morgan fingerprint density at radius 2 is 1.44 bits per heavy atom. The molecule has 36 heavy (non-hydrogen) atoms. The van der Waals surface area contributed by atoms with Gasteiger partial charge in [0, 0.05) is 13.1 Å². The lowest BCUT2D eigenvalue weighted by Gasteiger charge is -2.14. The molecule has 0 radical (unpaired) electrons. The van der Waals surface area contributed by atoms with Crippen LogP contribution in [0.1, 0.15) is 70.4 Å². The van der Waals surface area contributed by atoms with Gasteiger partial charge in [-0.1, -0.05) is 70.4 Å². The molecule has 0 saturated heterocycles. The summed E-state index contributed by atoms with van der Waals surface area (Å²) >= 11 is 0. The van der Waals surface area contributed by atoms with Crippen molar-refractivity contribution in [2.75, 3.05) is 0 Å². The average Bonchev–Trinajstić information content (AvgIpc) is 3.28. The summed E-state index contributed by atoms with van der Waals surface area (Å²) in [6.07, 6.45) is 5.05. The van der Waals surface area contributed by atoms with Crippen LogP contribution in [0.2, 0.25) is 0 Å². The molecule has 4 aromatic rings. The smallest absolute Gasteiger partial charge is 0.332 e. The van der Waals surface area contributed by atoms with Crippen molar-refractivity contribution in [3.8, 4) is 5.88 Å².